The van der Waals surface area contributed by atoms with Crippen LogP contribution in [-0.4, -0.2) is 24.0 Å². The highest BCUT2D eigenvalue weighted by molar-refractivity contribution is 7.09. The molecule has 1 saturated heterocycles. The smallest absolute Gasteiger partial charge is 0.406 e. The molecule has 1 fully saturated rings. The molecule has 8 heteroatoms. The average molecular weight is 448 g/mol. The van der Waals surface area contributed by atoms with Gasteiger partial charge in [0.1, 0.15) is 12.3 Å². The van der Waals surface area contributed by atoms with Crippen molar-refractivity contribution in [3.8, 4) is 16.9 Å². The number of pyridine rings is 1. The van der Waals surface area contributed by atoms with Crippen LogP contribution in [0.4, 0.5) is 13.2 Å². The second kappa shape index (κ2) is 7.84. The van der Waals surface area contributed by atoms with Crippen molar-refractivity contribution in [1.82, 2.24) is 4.57 Å². The van der Waals surface area contributed by atoms with E-state index in [-0.39, 0.29) is 11.3 Å². The number of alkyl halides is 3. The van der Waals surface area contributed by atoms with Crippen molar-refractivity contribution in [2.75, 3.05) is 13.1 Å². The average Bonchev–Trinajstić information content (AvgIpc) is 3.21. The number of halogens is 3. The van der Waals surface area contributed by atoms with Crippen molar-refractivity contribution < 1.29 is 22.8 Å². The van der Waals surface area contributed by atoms with Crippen LogP contribution in [0.1, 0.15) is 22.9 Å². The lowest BCUT2D eigenvalue weighted by molar-refractivity contribution is -0.924. The highest BCUT2D eigenvalue weighted by atomic mass is 32.1. The molecule has 1 aromatic carbocycles. The second-order valence-electron chi connectivity index (χ2n) is 8.37. The van der Waals surface area contributed by atoms with Crippen LogP contribution >= 0.6 is 11.3 Å². The number of rotatable bonds is 4. The largest absolute Gasteiger partial charge is 0.573 e. The minimum absolute atomic E-state index is 0.0709. The Kier molecular flexibility index (Phi) is 5.14. The fraction of sp³-hybridized carbons (Fsp3) is 0.348. The van der Waals surface area contributed by atoms with Gasteiger partial charge in [-0.2, -0.15) is 0 Å². The number of likely N-dealkylation sites (tertiary alicyclic amines) is 1. The zero-order valence-corrected chi connectivity index (χ0v) is 17.5. The van der Waals surface area contributed by atoms with Crippen molar-refractivity contribution in [2.24, 2.45) is 5.92 Å². The van der Waals surface area contributed by atoms with Crippen LogP contribution in [-0.2, 0) is 13.1 Å². The summed E-state index contributed by atoms with van der Waals surface area (Å²) >= 11 is 1.79. The number of nitrogens with zero attached hydrogens (tertiary/aromatic N) is 1. The first-order valence-corrected chi connectivity index (χ1v) is 11.2. The molecule has 1 unspecified atom stereocenters. The SMILES string of the molecule is O=c1c(-c2ccc(OC(F)(F)F)cc2)ccc2n1C[C@H]1C[C@@H]2C[NH+](Cc2cccs2)C1. The molecule has 0 spiro atoms. The van der Waals surface area contributed by atoms with Gasteiger partial charge in [-0.05, 0) is 47.7 Å². The molecule has 1 N–H and O–H groups in total. The van der Waals surface area contributed by atoms with Crippen LogP contribution in [0.25, 0.3) is 11.1 Å². The van der Waals surface area contributed by atoms with Crippen molar-refractivity contribution in [2.45, 2.75) is 31.8 Å². The number of fused-ring (bicyclic) bond motifs is 4. The number of ether oxygens (including phenoxy) is 1. The molecular weight excluding hydrogens is 425 g/mol. The summed E-state index contributed by atoms with van der Waals surface area (Å²) < 4.78 is 43.0. The van der Waals surface area contributed by atoms with E-state index in [4.69, 9.17) is 0 Å². The zero-order valence-electron chi connectivity index (χ0n) is 16.7. The number of aromatic nitrogens is 1. The molecule has 2 aromatic heterocycles. The third-order valence-electron chi connectivity index (χ3n) is 6.20. The maximum absolute atomic E-state index is 13.2. The normalized spacial score (nSPS) is 22.7. The number of piperidine rings is 1. The Bertz CT molecular complexity index is 1120. The zero-order chi connectivity index (χ0) is 21.6. The van der Waals surface area contributed by atoms with Gasteiger partial charge in [-0.25, -0.2) is 0 Å². The van der Waals surface area contributed by atoms with Crippen LogP contribution in [0.5, 0.6) is 5.75 Å². The lowest BCUT2D eigenvalue weighted by Crippen LogP contribution is -3.13. The quantitative estimate of drug-likeness (QED) is 0.663. The lowest BCUT2D eigenvalue weighted by Gasteiger charge is -2.40. The summed E-state index contributed by atoms with van der Waals surface area (Å²) in [5.41, 5.74) is 2.10. The summed E-state index contributed by atoms with van der Waals surface area (Å²) in [4.78, 5) is 16.2. The van der Waals surface area contributed by atoms with Gasteiger partial charge in [-0.1, -0.05) is 18.2 Å². The fourth-order valence-corrected chi connectivity index (χ4v) is 5.81. The molecule has 3 atom stereocenters. The Balaban J connectivity index is 1.39. The van der Waals surface area contributed by atoms with E-state index < -0.39 is 6.36 Å². The van der Waals surface area contributed by atoms with E-state index in [2.05, 4.69) is 22.2 Å². The summed E-state index contributed by atoms with van der Waals surface area (Å²) in [6, 6.07) is 13.6. The van der Waals surface area contributed by atoms with Crippen molar-refractivity contribution in [3.05, 3.63) is 74.8 Å². The van der Waals surface area contributed by atoms with Crippen molar-refractivity contribution in [3.63, 3.8) is 0 Å². The lowest BCUT2D eigenvalue weighted by atomic mass is 9.82. The molecular formula is C23H22F3N2O2S+. The fourth-order valence-electron chi connectivity index (χ4n) is 5.03. The van der Waals surface area contributed by atoms with Gasteiger partial charge in [0, 0.05) is 29.6 Å². The van der Waals surface area contributed by atoms with Crippen LogP contribution < -0.4 is 15.2 Å². The van der Waals surface area contributed by atoms with Gasteiger partial charge in [-0.15, -0.1) is 24.5 Å². The minimum atomic E-state index is -4.73. The molecule has 2 aliphatic heterocycles. The number of hydrogen-bond donors (Lipinski definition) is 1. The Labute approximate surface area is 181 Å². The van der Waals surface area contributed by atoms with E-state index in [9.17, 15) is 18.0 Å². The molecule has 0 saturated carbocycles. The first-order chi connectivity index (χ1) is 14.9. The molecule has 2 bridgehead atoms. The predicted octanol–water partition coefficient (Wildman–Crippen LogP) is 3.68. The van der Waals surface area contributed by atoms with Crippen LogP contribution in [0, 0.1) is 5.92 Å². The number of thiophene rings is 1. The summed E-state index contributed by atoms with van der Waals surface area (Å²) in [7, 11) is 0. The highest BCUT2D eigenvalue weighted by Gasteiger charge is 2.37. The minimum Gasteiger partial charge on any atom is -0.406 e. The molecule has 0 radical (unpaired) electrons. The van der Waals surface area contributed by atoms with Crippen molar-refractivity contribution >= 4 is 11.3 Å². The van der Waals surface area contributed by atoms with E-state index in [0.717, 1.165) is 31.7 Å². The maximum atomic E-state index is 13.2. The highest BCUT2D eigenvalue weighted by Crippen LogP contribution is 2.32. The monoisotopic (exact) mass is 447 g/mol. The Hall–Kier alpha value is -2.58. The summed E-state index contributed by atoms with van der Waals surface area (Å²) in [6.45, 7) is 3.78. The Morgan fingerprint density at radius 2 is 1.90 bits per heavy atom. The van der Waals surface area contributed by atoms with E-state index >= 15 is 0 Å². The van der Waals surface area contributed by atoms with E-state index in [1.807, 2.05) is 16.7 Å². The molecule has 162 valence electrons. The number of quaternary nitrogens is 1. The molecule has 2 aliphatic rings. The van der Waals surface area contributed by atoms with Gasteiger partial charge in [0.05, 0.1) is 18.0 Å². The van der Waals surface area contributed by atoms with E-state index in [1.54, 1.807) is 16.2 Å². The summed E-state index contributed by atoms with van der Waals surface area (Å²) in [5.74, 6) is 0.515. The summed E-state index contributed by atoms with van der Waals surface area (Å²) in [5, 5.41) is 2.11. The number of benzene rings is 1. The van der Waals surface area contributed by atoms with Crippen LogP contribution in [0.3, 0.4) is 0 Å². The maximum Gasteiger partial charge on any atom is 0.573 e. The van der Waals surface area contributed by atoms with Crippen LogP contribution in [0.2, 0.25) is 0 Å². The van der Waals surface area contributed by atoms with E-state index in [1.165, 1.54) is 29.1 Å². The van der Waals surface area contributed by atoms with Gasteiger partial charge in [0.25, 0.3) is 5.56 Å². The first-order valence-electron chi connectivity index (χ1n) is 10.3. The summed E-state index contributed by atoms with van der Waals surface area (Å²) in [6.07, 6.45) is -3.62. The van der Waals surface area contributed by atoms with Gasteiger partial charge in [-0.3, -0.25) is 4.79 Å². The van der Waals surface area contributed by atoms with Crippen molar-refractivity contribution in [1.29, 1.82) is 0 Å². The molecule has 4 heterocycles. The molecule has 31 heavy (non-hydrogen) atoms. The number of hydrogen-bond acceptors (Lipinski definition) is 3. The van der Waals surface area contributed by atoms with Crippen LogP contribution in [0.15, 0.2) is 58.7 Å². The molecule has 4 nitrogen and oxygen atoms in total. The second-order valence-corrected chi connectivity index (χ2v) is 9.41. The Morgan fingerprint density at radius 1 is 1.10 bits per heavy atom. The number of nitrogens with one attached hydrogen (secondary N) is 1. The van der Waals surface area contributed by atoms with Gasteiger partial charge in [0.15, 0.2) is 0 Å². The predicted molar refractivity (Wildman–Crippen MR) is 112 cm³/mol. The van der Waals surface area contributed by atoms with Gasteiger partial charge < -0.3 is 14.2 Å². The molecule has 0 amide bonds. The molecule has 3 aromatic rings. The third kappa shape index (κ3) is 4.27. The molecule has 5 rings (SSSR count). The molecule has 0 aliphatic carbocycles. The van der Waals surface area contributed by atoms with E-state index in [0.29, 0.717) is 29.5 Å². The third-order valence-corrected chi connectivity index (χ3v) is 7.08. The first kappa shape index (κ1) is 20.3. The van der Waals surface area contributed by atoms with Gasteiger partial charge in [0.2, 0.25) is 0 Å². The topological polar surface area (TPSA) is 35.7 Å². The standard InChI is InChI=1S/C23H21F3N2O2S/c24-23(25,26)30-18-5-3-16(4-6-18)20-7-8-21-17-10-15(12-28(21)22(20)29)11-27(13-17)14-19-2-1-9-31-19/h1-9,15,17H,10-14H2/p+1/t15-,17+/m0/s1. The Morgan fingerprint density at radius 3 is 2.61 bits per heavy atom. The van der Waals surface area contributed by atoms with Gasteiger partial charge >= 0.3 is 6.36 Å².